The van der Waals surface area contributed by atoms with Gasteiger partial charge in [-0.05, 0) is 31.5 Å². The lowest BCUT2D eigenvalue weighted by atomic mass is 10.2. The average Bonchev–Trinajstić information content (AvgIpc) is 2.61. The first kappa shape index (κ1) is 18.9. The van der Waals surface area contributed by atoms with Gasteiger partial charge in [0.1, 0.15) is 6.10 Å². The van der Waals surface area contributed by atoms with Crippen LogP contribution in [-0.2, 0) is 30.8 Å². The molecule has 0 radical (unpaired) electrons. The van der Waals surface area contributed by atoms with Crippen molar-refractivity contribution >= 4 is 15.9 Å². The zero-order valence-electron chi connectivity index (χ0n) is 14.0. The van der Waals surface area contributed by atoms with Crippen LogP contribution in [0.4, 0.5) is 0 Å². The van der Waals surface area contributed by atoms with E-state index in [2.05, 4.69) is 5.32 Å². The highest BCUT2D eigenvalue weighted by Crippen LogP contribution is 2.17. The number of nitrogens with one attached hydrogen (secondary N) is 1. The molecule has 2 rings (SSSR count). The Morgan fingerprint density at radius 1 is 1.29 bits per heavy atom. The zero-order valence-corrected chi connectivity index (χ0v) is 14.8. The third-order valence-electron chi connectivity index (χ3n) is 3.78. The molecule has 1 saturated heterocycles. The number of sulfonamides is 1. The summed E-state index contributed by atoms with van der Waals surface area (Å²) in [4.78, 5) is 12.0. The van der Waals surface area contributed by atoms with Crippen LogP contribution in [-0.4, -0.2) is 57.6 Å². The van der Waals surface area contributed by atoms with E-state index in [9.17, 15) is 13.2 Å². The predicted molar refractivity (Wildman–Crippen MR) is 89.0 cm³/mol. The normalized spacial score (nSPS) is 17.4. The highest BCUT2D eigenvalue weighted by Gasteiger charge is 2.26. The summed E-state index contributed by atoms with van der Waals surface area (Å²) < 4.78 is 36.8. The Hall–Kier alpha value is -1.48. The smallest absolute Gasteiger partial charge is 0.249 e. The molecule has 1 aromatic rings. The molecule has 7 nitrogen and oxygen atoms in total. The minimum atomic E-state index is -3.48. The van der Waals surface area contributed by atoms with Gasteiger partial charge in [-0.2, -0.15) is 4.31 Å². The maximum Gasteiger partial charge on any atom is 0.249 e. The molecule has 1 aromatic carbocycles. The van der Waals surface area contributed by atoms with Gasteiger partial charge in [0.05, 0.1) is 18.1 Å². The van der Waals surface area contributed by atoms with Crippen LogP contribution in [0.1, 0.15) is 19.4 Å². The SMILES string of the molecule is CCOC(C)C(=O)NCc1ccc(S(=O)(=O)N2CCOCC2)cc1. The van der Waals surface area contributed by atoms with Gasteiger partial charge in [-0.3, -0.25) is 4.79 Å². The van der Waals surface area contributed by atoms with E-state index in [4.69, 9.17) is 9.47 Å². The van der Waals surface area contributed by atoms with Gasteiger partial charge in [0.2, 0.25) is 15.9 Å². The van der Waals surface area contributed by atoms with Crippen molar-refractivity contribution in [2.45, 2.75) is 31.4 Å². The number of rotatable bonds is 7. The number of hydrogen-bond donors (Lipinski definition) is 1. The number of benzene rings is 1. The molecule has 0 bridgehead atoms. The van der Waals surface area contributed by atoms with Crippen molar-refractivity contribution in [3.05, 3.63) is 29.8 Å². The predicted octanol–water partition coefficient (Wildman–Crippen LogP) is 0.749. The molecule has 24 heavy (non-hydrogen) atoms. The van der Waals surface area contributed by atoms with Gasteiger partial charge in [0, 0.05) is 26.2 Å². The van der Waals surface area contributed by atoms with Crippen LogP contribution in [0.3, 0.4) is 0 Å². The summed E-state index contributed by atoms with van der Waals surface area (Å²) in [7, 11) is -3.48. The molecule has 0 spiro atoms. The van der Waals surface area contributed by atoms with Crippen molar-refractivity contribution in [1.82, 2.24) is 9.62 Å². The second-order valence-corrected chi connectivity index (χ2v) is 7.41. The zero-order chi connectivity index (χ0) is 17.6. The van der Waals surface area contributed by atoms with Gasteiger partial charge in [0.25, 0.3) is 0 Å². The monoisotopic (exact) mass is 356 g/mol. The van der Waals surface area contributed by atoms with Crippen LogP contribution in [0.2, 0.25) is 0 Å². The molecule has 1 aliphatic rings. The second kappa shape index (κ2) is 8.57. The molecule has 1 heterocycles. The van der Waals surface area contributed by atoms with E-state index in [0.29, 0.717) is 39.5 Å². The van der Waals surface area contributed by atoms with E-state index in [1.807, 2.05) is 6.92 Å². The Labute approximate surface area is 143 Å². The van der Waals surface area contributed by atoms with E-state index in [1.165, 1.54) is 4.31 Å². The van der Waals surface area contributed by atoms with Crippen molar-refractivity contribution in [2.24, 2.45) is 0 Å². The summed E-state index contributed by atoms with van der Waals surface area (Å²) in [5, 5.41) is 2.76. The lowest BCUT2D eigenvalue weighted by Gasteiger charge is -2.26. The molecular weight excluding hydrogens is 332 g/mol. The van der Waals surface area contributed by atoms with E-state index in [-0.39, 0.29) is 10.8 Å². The van der Waals surface area contributed by atoms with Gasteiger partial charge in [0.15, 0.2) is 0 Å². The largest absolute Gasteiger partial charge is 0.379 e. The van der Waals surface area contributed by atoms with E-state index >= 15 is 0 Å². The number of amides is 1. The fourth-order valence-corrected chi connectivity index (χ4v) is 3.78. The first-order chi connectivity index (χ1) is 11.4. The number of hydrogen-bond acceptors (Lipinski definition) is 5. The molecule has 1 amide bonds. The lowest BCUT2D eigenvalue weighted by Crippen LogP contribution is -2.40. The van der Waals surface area contributed by atoms with E-state index < -0.39 is 16.1 Å². The second-order valence-electron chi connectivity index (χ2n) is 5.48. The summed E-state index contributed by atoms with van der Waals surface area (Å²) in [6, 6.07) is 6.55. The van der Waals surface area contributed by atoms with Crippen LogP contribution in [0, 0.1) is 0 Å². The molecule has 134 valence electrons. The minimum Gasteiger partial charge on any atom is -0.379 e. The van der Waals surface area contributed by atoms with Gasteiger partial charge in [-0.25, -0.2) is 8.42 Å². The number of morpholine rings is 1. The molecule has 1 fully saturated rings. The van der Waals surface area contributed by atoms with Crippen LogP contribution in [0.15, 0.2) is 29.2 Å². The summed E-state index contributed by atoms with van der Waals surface area (Å²) >= 11 is 0. The summed E-state index contributed by atoms with van der Waals surface area (Å²) in [5.41, 5.74) is 0.827. The molecular formula is C16H24N2O5S. The van der Waals surface area contributed by atoms with Crippen LogP contribution in [0.5, 0.6) is 0 Å². The molecule has 8 heteroatoms. The molecule has 1 unspecified atom stereocenters. The van der Waals surface area contributed by atoms with Crippen molar-refractivity contribution in [3.63, 3.8) is 0 Å². The van der Waals surface area contributed by atoms with Crippen molar-refractivity contribution in [3.8, 4) is 0 Å². The molecule has 1 atom stereocenters. The Morgan fingerprint density at radius 3 is 2.50 bits per heavy atom. The number of ether oxygens (including phenoxy) is 2. The van der Waals surface area contributed by atoms with Gasteiger partial charge in [-0.1, -0.05) is 12.1 Å². The number of carbonyl (C=O) groups is 1. The van der Waals surface area contributed by atoms with E-state index in [0.717, 1.165) is 5.56 Å². The molecule has 1 N–H and O–H groups in total. The first-order valence-corrected chi connectivity index (χ1v) is 9.45. The topological polar surface area (TPSA) is 84.9 Å². The standard InChI is InChI=1S/C16H24N2O5S/c1-3-23-13(2)16(19)17-12-14-4-6-15(7-5-14)24(20,21)18-8-10-22-11-9-18/h4-7,13H,3,8-12H2,1-2H3,(H,17,19). The summed E-state index contributed by atoms with van der Waals surface area (Å²) in [6.07, 6.45) is -0.504. The van der Waals surface area contributed by atoms with Crippen molar-refractivity contribution in [2.75, 3.05) is 32.9 Å². The first-order valence-electron chi connectivity index (χ1n) is 8.01. The maximum atomic E-state index is 12.5. The van der Waals surface area contributed by atoms with Crippen LogP contribution in [0.25, 0.3) is 0 Å². The number of nitrogens with zero attached hydrogens (tertiary/aromatic N) is 1. The molecule has 0 aromatic heterocycles. The van der Waals surface area contributed by atoms with Crippen molar-refractivity contribution < 1.29 is 22.7 Å². The van der Waals surface area contributed by atoms with Gasteiger partial charge in [-0.15, -0.1) is 0 Å². The minimum absolute atomic E-state index is 0.193. The molecule has 1 aliphatic heterocycles. The quantitative estimate of drug-likeness (QED) is 0.779. The third kappa shape index (κ3) is 4.76. The highest BCUT2D eigenvalue weighted by molar-refractivity contribution is 7.89. The fraction of sp³-hybridized carbons (Fsp3) is 0.562. The number of carbonyl (C=O) groups excluding carboxylic acids is 1. The Bertz CT molecular complexity index is 639. The Morgan fingerprint density at radius 2 is 1.92 bits per heavy atom. The molecule has 0 saturated carbocycles. The highest BCUT2D eigenvalue weighted by atomic mass is 32.2. The fourth-order valence-electron chi connectivity index (χ4n) is 2.37. The van der Waals surface area contributed by atoms with Crippen LogP contribution < -0.4 is 5.32 Å². The van der Waals surface area contributed by atoms with Crippen molar-refractivity contribution in [1.29, 1.82) is 0 Å². The summed E-state index contributed by atoms with van der Waals surface area (Å²) in [5.74, 6) is -0.193. The average molecular weight is 356 g/mol. The summed E-state index contributed by atoms with van der Waals surface area (Å²) in [6.45, 7) is 5.90. The van der Waals surface area contributed by atoms with Crippen LogP contribution >= 0.6 is 0 Å². The van der Waals surface area contributed by atoms with Gasteiger partial charge >= 0.3 is 0 Å². The van der Waals surface area contributed by atoms with Gasteiger partial charge < -0.3 is 14.8 Å². The third-order valence-corrected chi connectivity index (χ3v) is 5.70. The lowest BCUT2D eigenvalue weighted by molar-refractivity contribution is -0.131. The Balaban J connectivity index is 1.96. The Kier molecular flexibility index (Phi) is 6.73. The molecule has 0 aliphatic carbocycles. The van der Waals surface area contributed by atoms with E-state index in [1.54, 1.807) is 31.2 Å². The maximum absolute atomic E-state index is 12.5.